The zero-order valence-electron chi connectivity index (χ0n) is 17.7. The van der Waals surface area contributed by atoms with Crippen molar-refractivity contribution in [3.63, 3.8) is 0 Å². The number of amides is 1. The quantitative estimate of drug-likeness (QED) is 0.288. The van der Waals surface area contributed by atoms with Crippen LogP contribution in [-0.4, -0.2) is 35.0 Å². The van der Waals surface area contributed by atoms with Gasteiger partial charge in [-0.1, -0.05) is 39.7 Å². The maximum absolute atomic E-state index is 12.7. The van der Waals surface area contributed by atoms with Crippen molar-refractivity contribution in [2.75, 3.05) is 11.9 Å². The van der Waals surface area contributed by atoms with E-state index in [1.807, 2.05) is 19.1 Å². The topological polar surface area (TPSA) is 105 Å². The number of halogens is 2. The minimum absolute atomic E-state index is 0.0767. The summed E-state index contributed by atoms with van der Waals surface area (Å²) in [7, 11) is 0. The molecule has 0 aliphatic rings. The number of carbonyl (C=O) groups is 2. The maximum Gasteiger partial charge on any atom is 0.412 e. The number of carboxylic acid groups (broad SMARTS) is 1. The third kappa shape index (κ3) is 7.96. The van der Waals surface area contributed by atoms with Crippen molar-refractivity contribution in [2.24, 2.45) is 0 Å². The summed E-state index contributed by atoms with van der Waals surface area (Å²) in [5, 5.41) is 22.1. The summed E-state index contributed by atoms with van der Waals surface area (Å²) >= 11 is 6.70. The van der Waals surface area contributed by atoms with Crippen LogP contribution in [0.4, 0.5) is 10.5 Å². The number of hydrogen-bond donors (Lipinski definition) is 3. The van der Waals surface area contributed by atoms with Gasteiger partial charge in [-0.05, 0) is 66.9 Å². The van der Waals surface area contributed by atoms with Crippen LogP contribution in [0.2, 0.25) is 0 Å². The first-order chi connectivity index (χ1) is 15.2. The largest absolute Gasteiger partial charge is 0.506 e. The molecule has 0 aliphatic heterocycles. The lowest BCUT2D eigenvalue weighted by Crippen LogP contribution is -2.29. The van der Waals surface area contributed by atoms with Gasteiger partial charge in [-0.25, -0.2) is 9.59 Å². The molecule has 0 aliphatic carbocycles. The predicted octanol–water partition coefficient (Wildman–Crippen LogP) is 6.34. The van der Waals surface area contributed by atoms with E-state index in [1.54, 1.807) is 31.2 Å². The highest BCUT2D eigenvalue weighted by Gasteiger charge is 2.31. The van der Waals surface area contributed by atoms with Crippen molar-refractivity contribution in [1.82, 2.24) is 0 Å². The van der Waals surface area contributed by atoms with Gasteiger partial charge in [0.05, 0.1) is 10.6 Å². The number of aromatic hydroxyl groups is 1. The first-order valence-corrected chi connectivity index (χ1v) is 11.5. The van der Waals surface area contributed by atoms with E-state index in [-0.39, 0.29) is 5.75 Å². The SMILES string of the molecule is CCO[C@H](CC/C=C/C(=O)O)[C@H](OC(=O)Nc1ccc(C)cc1)c1cc(Br)cc(Br)c1O. The second-order valence-electron chi connectivity index (χ2n) is 6.95. The molecule has 0 saturated carbocycles. The zero-order valence-corrected chi connectivity index (χ0v) is 20.9. The fourth-order valence-corrected chi connectivity index (χ4v) is 4.28. The molecule has 1 amide bonds. The third-order valence-corrected chi connectivity index (χ3v) is 5.56. The monoisotopic (exact) mass is 569 g/mol. The van der Waals surface area contributed by atoms with Crippen molar-refractivity contribution < 1.29 is 29.3 Å². The Morgan fingerprint density at radius 2 is 1.88 bits per heavy atom. The summed E-state index contributed by atoms with van der Waals surface area (Å²) < 4.78 is 12.7. The molecule has 0 saturated heterocycles. The van der Waals surface area contributed by atoms with E-state index in [2.05, 4.69) is 37.2 Å². The van der Waals surface area contributed by atoms with Crippen LogP contribution in [0, 0.1) is 6.92 Å². The van der Waals surface area contributed by atoms with Crippen LogP contribution in [0.5, 0.6) is 5.75 Å². The number of hydrogen-bond acceptors (Lipinski definition) is 5. The highest BCUT2D eigenvalue weighted by Crippen LogP contribution is 2.39. The van der Waals surface area contributed by atoms with Gasteiger partial charge in [-0.2, -0.15) is 0 Å². The first-order valence-electron chi connectivity index (χ1n) is 9.94. The minimum Gasteiger partial charge on any atom is -0.506 e. The molecule has 2 aromatic rings. The minimum atomic E-state index is -1.04. The molecular weight excluding hydrogens is 546 g/mol. The second kappa shape index (κ2) is 12.6. The summed E-state index contributed by atoms with van der Waals surface area (Å²) in [6.07, 6.45) is 1.02. The molecule has 2 atom stereocenters. The maximum atomic E-state index is 12.7. The molecule has 0 radical (unpaired) electrons. The number of aliphatic carboxylic acids is 1. The van der Waals surface area contributed by atoms with Crippen molar-refractivity contribution in [2.45, 2.75) is 38.9 Å². The second-order valence-corrected chi connectivity index (χ2v) is 8.72. The molecule has 32 heavy (non-hydrogen) atoms. The van der Waals surface area contributed by atoms with Crippen molar-refractivity contribution >= 4 is 49.6 Å². The number of ether oxygens (including phenoxy) is 2. The molecule has 7 nitrogen and oxygen atoms in total. The number of aryl methyl sites for hydroxylation is 1. The number of carboxylic acids is 1. The summed E-state index contributed by atoms with van der Waals surface area (Å²) in [6.45, 7) is 4.08. The Kier molecular flexibility index (Phi) is 10.2. The van der Waals surface area contributed by atoms with Gasteiger partial charge in [0.1, 0.15) is 5.75 Å². The molecule has 9 heteroatoms. The van der Waals surface area contributed by atoms with Crippen LogP contribution < -0.4 is 5.32 Å². The molecular formula is C23H25Br2NO6. The first kappa shape index (κ1) is 25.9. The van der Waals surface area contributed by atoms with E-state index >= 15 is 0 Å². The van der Waals surface area contributed by atoms with Gasteiger partial charge in [0.25, 0.3) is 0 Å². The number of anilines is 1. The lowest BCUT2D eigenvalue weighted by molar-refractivity contribution is -0.131. The molecule has 2 rings (SSSR count). The lowest BCUT2D eigenvalue weighted by atomic mass is 9.99. The standard InChI is InChI=1S/C23H25Br2NO6/c1-3-31-19(6-4-5-7-20(27)28)22(17-12-15(24)13-18(25)21(17)29)32-23(30)26-16-10-8-14(2)9-11-16/h5,7-13,19,22,29H,3-4,6H2,1-2H3,(H,26,30)(H,27,28)/b7-5+/t19-,22-/m1/s1. The normalized spacial score (nSPS) is 13.0. The van der Waals surface area contributed by atoms with Crippen LogP contribution in [-0.2, 0) is 14.3 Å². The molecule has 0 unspecified atom stereocenters. The van der Waals surface area contributed by atoms with Gasteiger partial charge in [-0.15, -0.1) is 0 Å². The Balaban J connectivity index is 2.33. The Labute approximate surface area is 203 Å². The van der Waals surface area contributed by atoms with Crippen molar-refractivity contribution in [3.05, 3.63) is 68.6 Å². The lowest BCUT2D eigenvalue weighted by Gasteiger charge is -2.28. The average molecular weight is 571 g/mol. The third-order valence-electron chi connectivity index (χ3n) is 4.49. The number of carbonyl (C=O) groups excluding carboxylic acids is 1. The van der Waals surface area contributed by atoms with Crippen LogP contribution in [0.3, 0.4) is 0 Å². The average Bonchev–Trinajstić information content (AvgIpc) is 2.73. The van der Waals surface area contributed by atoms with E-state index in [4.69, 9.17) is 14.6 Å². The number of phenolic OH excluding ortho intramolecular Hbond substituents is 1. The number of rotatable bonds is 10. The molecule has 0 aromatic heterocycles. The van der Waals surface area contributed by atoms with E-state index in [0.717, 1.165) is 11.6 Å². The van der Waals surface area contributed by atoms with Gasteiger partial charge in [0.2, 0.25) is 0 Å². The smallest absolute Gasteiger partial charge is 0.412 e. The van der Waals surface area contributed by atoms with E-state index in [0.29, 0.717) is 39.6 Å². The summed E-state index contributed by atoms with van der Waals surface area (Å²) in [5.41, 5.74) is 1.97. The molecule has 0 bridgehead atoms. The van der Waals surface area contributed by atoms with Gasteiger partial charge >= 0.3 is 12.1 Å². The van der Waals surface area contributed by atoms with Crippen LogP contribution in [0.25, 0.3) is 0 Å². The Morgan fingerprint density at radius 1 is 1.19 bits per heavy atom. The molecule has 0 spiro atoms. The van der Waals surface area contributed by atoms with Crippen LogP contribution >= 0.6 is 31.9 Å². The fourth-order valence-electron chi connectivity index (χ4n) is 3.02. The van der Waals surface area contributed by atoms with Gasteiger partial charge in [-0.3, -0.25) is 5.32 Å². The molecule has 0 heterocycles. The number of phenols is 1. The summed E-state index contributed by atoms with van der Waals surface area (Å²) in [4.78, 5) is 23.5. The van der Waals surface area contributed by atoms with Crippen molar-refractivity contribution in [3.8, 4) is 5.75 Å². The van der Waals surface area contributed by atoms with E-state index < -0.39 is 24.3 Å². The van der Waals surface area contributed by atoms with E-state index in [1.165, 1.54) is 6.08 Å². The Bertz CT molecular complexity index is 962. The van der Waals surface area contributed by atoms with Crippen LogP contribution in [0.15, 0.2) is 57.5 Å². The predicted molar refractivity (Wildman–Crippen MR) is 129 cm³/mol. The number of allylic oxidation sites excluding steroid dienone is 1. The molecule has 2 aromatic carbocycles. The molecule has 172 valence electrons. The van der Waals surface area contributed by atoms with Crippen LogP contribution in [0.1, 0.15) is 37.0 Å². The summed E-state index contributed by atoms with van der Waals surface area (Å²) in [6, 6.07) is 10.6. The Morgan fingerprint density at radius 3 is 2.50 bits per heavy atom. The number of benzene rings is 2. The van der Waals surface area contributed by atoms with Crippen molar-refractivity contribution in [1.29, 1.82) is 0 Å². The van der Waals surface area contributed by atoms with Gasteiger partial charge < -0.3 is 19.7 Å². The highest BCUT2D eigenvalue weighted by atomic mass is 79.9. The fraction of sp³-hybridized carbons (Fsp3) is 0.304. The zero-order chi connectivity index (χ0) is 23.7. The molecule has 3 N–H and O–H groups in total. The number of nitrogens with one attached hydrogen (secondary N) is 1. The van der Waals surface area contributed by atoms with Gasteiger partial charge in [0, 0.05) is 28.4 Å². The summed E-state index contributed by atoms with van der Waals surface area (Å²) in [5.74, 6) is -1.12. The Hall–Kier alpha value is -2.36. The molecule has 0 fully saturated rings. The highest BCUT2D eigenvalue weighted by molar-refractivity contribution is 9.11. The van der Waals surface area contributed by atoms with Gasteiger partial charge in [0.15, 0.2) is 6.10 Å². The van der Waals surface area contributed by atoms with E-state index in [9.17, 15) is 14.7 Å².